The molecule has 116 valence electrons. The summed E-state index contributed by atoms with van der Waals surface area (Å²) in [5, 5.41) is 2.61. The molecule has 1 amide bonds. The van der Waals surface area contributed by atoms with Crippen LogP contribution in [-0.2, 0) is 14.8 Å². The smallest absolute Gasteiger partial charge is 0.251 e. The average Bonchev–Trinajstić information content (AvgIpc) is 2.48. The number of nitrogens with one attached hydrogen (secondary N) is 1. The summed E-state index contributed by atoms with van der Waals surface area (Å²) in [5.41, 5.74) is 0.460. The first-order valence-electron chi connectivity index (χ1n) is 6.76. The zero-order valence-corrected chi connectivity index (χ0v) is 12.7. The lowest BCUT2D eigenvalue weighted by Crippen LogP contribution is -2.49. The Morgan fingerprint density at radius 1 is 1.48 bits per heavy atom. The summed E-state index contributed by atoms with van der Waals surface area (Å²) in [6.45, 7) is 3.07. The van der Waals surface area contributed by atoms with Gasteiger partial charge in [-0.3, -0.25) is 9.78 Å². The highest BCUT2D eigenvalue weighted by Crippen LogP contribution is 2.12. The van der Waals surface area contributed by atoms with Gasteiger partial charge >= 0.3 is 0 Å². The van der Waals surface area contributed by atoms with Crippen LogP contribution in [0.5, 0.6) is 0 Å². The zero-order valence-electron chi connectivity index (χ0n) is 11.9. The first-order valence-corrected chi connectivity index (χ1v) is 8.37. The van der Waals surface area contributed by atoms with E-state index in [1.807, 2.05) is 6.92 Å². The molecule has 2 heterocycles. The van der Waals surface area contributed by atoms with E-state index in [2.05, 4.69) is 10.3 Å². The molecule has 1 fully saturated rings. The van der Waals surface area contributed by atoms with Crippen LogP contribution in [0.15, 0.2) is 24.5 Å². The fourth-order valence-corrected chi connectivity index (χ4v) is 3.70. The molecule has 2 rings (SSSR count). The van der Waals surface area contributed by atoms with Crippen molar-refractivity contribution in [2.75, 3.05) is 32.1 Å². The highest BCUT2D eigenvalue weighted by Gasteiger charge is 2.29. The maximum absolute atomic E-state index is 12.2. The molecule has 8 heteroatoms. The van der Waals surface area contributed by atoms with Crippen LogP contribution in [0.25, 0.3) is 0 Å². The third-order valence-electron chi connectivity index (χ3n) is 3.25. The standard InChI is InChI=1S/C13H19N3O4S/c1-11-10-20-8-7-16(11)21(18,19)9-6-15-13(17)12-2-4-14-5-3-12/h2-5,11H,6-10H2,1H3,(H,15,17). The summed E-state index contributed by atoms with van der Waals surface area (Å²) in [6.07, 6.45) is 3.03. The van der Waals surface area contributed by atoms with Gasteiger partial charge in [0.25, 0.3) is 5.91 Å². The lowest BCUT2D eigenvalue weighted by molar-refractivity contribution is 0.0393. The van der Waals surface area contributed by atoms with Gasteiger partial charge in [0.15, 0.2) is 0 Å². The molecule has 7 nitrogen and oxygen atoms in total. The summed E-state index contributed by atoms with van der Waals surface area (Å²) in [5.74, 6) is -0.420. The Kier molecular flexibility index (Phi) is 5.27. The first kappa shape index (κ1) is 15.9. The number of rotatable bonds is 5. The van der Waals surface area contributed by atoms with Crippen molar-refractivity contribution in [1.82, 2.24) is 14.6 Å². The van der Waals surface area contributed by atoms with Crippen molar-refractivity contribution in [1.29, 1.82) is 0 Å². The maximum atomic E-state index is 12.2. The molecule has 1 aromatic rings. The van der Waals surface area contributed by atoms with Crippen LogP contribution in [0.2, 0.25) is 0 Å². The quantitative estimate of drug-likeness (QED) is 0.817. The van der Waals surface area contributed by atoms with Crippen LogP contribution in [0.4, 0.5) is 0 Å². The molecule has 1 unspecified atom stereocenters. The van der Waals surface area contributed by atoms with Crippen LogP contribution in [0.3, 0.4) is 0 Å². The predicted molar refractivity (Wildman–Crippen MR) is 77.3 cm³/mol. The van der Waals surface area contributed by atoms with E-state index in [1.165, 1.54) is 16.7 Å². The highest BCUT2D eigenvalue weighted by atomic mass is 32.2. The van der Waals surface area contributed by atoms with E-state index in [1.54, 1.807) is 12.1 Å². The molecular weight excluding hydrogens is 294 g/mol. The SMILES string of the molecule is CC1COCCN1S(=O)(=O)CCNC(=O)c1ccncc1. The van der Waals surface area contributed by atoms with Gasteiger partial charge in [0.2, 0.25) is 10.0 Å². The number of ether oxygens (including phenoxy) is 1. The molecule has 0 aromatic carbocycles. The van der Waals surface area contributed by atoms with Gasteiger partial charge in [0.1, 0.15) is 0 Å². The van der Waals surface area contributed by atoms with Gasteiger partial charge < -0.3 is 10.1 Å². The van der Waals surface area contributed by atoms with E-state index in [0.29, 0.717) is 25.3 Å². The molecule has 1 saturated heterocycles. The molecule has 21 heavy (non-hydrogen) atoms. The summed E-state index contributed by atoms with van der Waals surface area (Å²) in [4.78, 5) is 15.6. The van der Waals surface area contributed by atoms with Gasteiger partial charge in [-0.15, -0.1) is 0 Å². The number of hydrogen-bond donors (Lipinski definition) is 1. The Hall–Kier alpha value is -1.51. The molecule has 1 N–H and O–H groups in total. The van der Waals surface area contributed by atoms with Crippen LogP contribution >= 0.6 is 0 Å². The van der Waals surface area contributed by atoms with Crippen molar-refractivity contribution >= 4 is 15.9 Å². The number of carbonyl (C=O) groups excluding carboxylic acids is 1. The molecule has 1 aliphatic rings. The maximum Gasteiger partial charge on any atom is 0.251 e. The number of aromatic nitrogens is 1. The van der Waals surface area contributed by atoms with Crippen molar-refractivity contribution < 1.29 is 17.9 Å². The van der Waals surface area contributed by atoms with E-state index in [9.17, 15) is 13.2 Å². The number of amides is 1. The number of morpholine rings is 1. The second-order valence-corrected chi connectivity index (χ2v) is 6.88. The second-order valence-electron chi connectivity index (χ2n) is 4.84. The topological polar surface area (TPSA) is 88.6 Å². The van der Waals surface area contributed by atoms with Crippen molar-refractivity contribution in [3.8, 4) is 0 Å². The highest BCUT2D eigenvalue weighted by molar-refractivity contribution is 7.89. The van der Waals surface area contributed by atoms with Crippen molar-refractivity contribution in [3.63, 3.8) is 0 Å². The van der Waals surface area contributed by atoms with Gasteiger partial charge in [-0.25, -0.2) is 8.42 Å². The van der Waals surface area contributed by atoms with Gasteiger partial charge in [-0.1, -0.05) is 0 Å². The van der Waals surface area contributed by atoms with E-state index >= 15 is 0 Å². The Morgan fingerprint density at radius 3 is 2.86 bits per heavy atom. The Bertz CT molecular complexity index is 576. The molecule has 1 aliphatic heterocycles. The van der Waals surface area contributed by atoms with E-state index < -0.39 is 10.0 Å². The molecule has 0 saturated carbocycles. The summed E-state index contributed by atoms with van der Waals surface area (Å²) in [7, 11) is -3.38. The average molecular weight is 313 g/mol. The minimum Gasteiger partial charge on any atom is -0.378 e. The van der Waals surface area contributed by atoms with Gasteiger partial charge in [-0.2, -0.15) is 4.31 Å². The molecule has 0 aliphatic carbocycles. The number of sulfonamides is 1. The lowest BCUT2D eigenvalue weighted by atomic mass is 10.2. The molecule has 0 radical (unpaired) electrons. The van der Waals surface area contributed by atoms with Crippen molar-refractivity contribution in [2.24, 2.45) is 0 Å². The minimum atomic E-state index is -3.38. The third kappa shape index (κ3) is 4.23. The Balaban J connectivity index is 1.86. The molecule has 1 atom stereocenters. The summed E-state index contributed by atoms with van der Waals surface area (Å²) >= 11 is 0. The molecule has 0 bridgehead atoms. The normalized spacial score (nSPS) is 20.1. The van der Waals surface area contributed by atoms with Crippen LogP contribution in [-0.4, -0.2) is 61.7 Å². The number of hydrogen-bond acceptors (Lipinski definition) is 5. The second kappa shape index (κ2) is 6.97. The Labute approximate surface area is 124 Å². The van der Waals surface area contributed by atoms with Crippen LogP contribution in [0, 0.1) is 0 Å². The molecule has 0 spiro atoms. The van der Waals surface area contributed by atoms with Gasteiger partial charge in [-0.05, 0) is 19.1 Å². The molecule has 1 aromatic heterocycles. The summed E-state index contributed by atoms with van der Waals surface area (Å²) in [6, 6.07) is 2.99. The zero-order chi connectivity index (χ0) is 15.3. The van der Waals surface area contributed by atoms with Crippen LogP contribution < -0.4 is 5.32 Å². The Morgan fingerprint density at radius 2 is 2.19 bits per heavy atom. The minimum absolute atomic E-state index is 0.0770. The third-order valence-corrected chi connectivity index (χ3v) is 5.23. The molecular formula is C13H19N3O4S. The van der Waals surface area contributed by atoms with Gasteiger partial charge in [0, 0.05) is 37.1 Å². The van der Waals surface area contributed by atoms with Crippen LogP contribution in [0.1, 0.15) is 17.3 Å². The number of pyridine rings is 1. The van der Waals surface area contributed by atoms with E-state index in [4.69, 9.17) is 4.74 Å². The fourth-order valence-electron chi connectivity index (χ4n) is 2.14. The van der Waals surface area contributed by atoms with Gasteiger partial charge in [0.05, 0.1) is 19.0 Å². The predicted octanol–water partition coefficient (Wildman–Crippen LogP) is -0.138. The van der Waals surface area contributed by atoms with E-state index in [0.717, 1.165) is 0 Å². The van der Waals surface area contributed by atoms with E-state index in [-0.39, 0.29) is 24.2 Å². The summed E-state index contributed by atoms with van der Waals surface area (Å²) < 4.78 is 31.1. The lowest BCUT2D eigenvalue weighted by Gasteiger charge is -2.32. The van der Waals surface area contributed by atoms with Crippen molar-refractivity contribution in [3.05, 3.63) is 30.1 Å². The fraction of sp³-hybridized carbons (Fsp3) is 0.538. The number of carbonyl (C=O) groups is 1. The largest absolute Gasteiger partial charge is 0.378 e. The monoisotopic (exact) mass is 313 g/mol. The first-order chi connectivity index (χ1) is 10.0. The van der Waals surface area contributed by atoms with Crippen molar-refractivity contribution in [2.45, 2.75) is 13.0 Å². The number of nitrogens with zero attached hydrogens (tertiary/aromatic N) is 2.